The van der Waals surface area contributed by atoms with Crippen LogP contribution in [0.5, 0.6) is 0 Å². The Balaban J connectivity index is 2.47. The lowest BCUT2D eigenvalue weighted by molar-refractivity contribution is 0.0685. The molecule has 0 aliphatic rings. The van der Waals surface area contributed by atoms with Gasteiger partial charge >= 0.3 is 5.97 Å². The summed E-state index contributed by atoms with van der Waals surface area (Å²) in [7, 11) is 0. The number of aromatic carboxylic acids is 1. The standard InChI is InChI=1S/C11H17N3O3/c1-7(2)4-3-5-12-10(15)8-9(11(16)17)14-6-13-8/h6-7H,3-5H2,1-2H3,(H,12,15)(H,13,14)(H,16,17). The van der Waals surface area contributed by atoms with E-state index in [1.807, 2.05) is 0 Å². The second-order valence-electron chi connectivity index (χ2n) is 4.22. The van der Waals surface area contributed by atoms with Crippen molar-refractivity contribution in [1.29, 1.82) is 0 Å². The van der Waals surface area contributed by atoms with Gasteiger partial charge in [0.1, 0.15) is 0 Å². The highest BCUT2D eigenvalue weighted by molar-refractivity contribution is 6.02. The Morgan fingerprint density at radius 3 is 2.82 bits per heavy atom. The average molecular weight is 239 g/mol. The van der Waals surface area contributed by atoms with Crippen LogP contribution in [0.3, 0.4) is 0 Å². The molecule has 0 fully saturated rings. The summed E-state index contributed by atoms with van der Waals surface area (Å²) >= 11 is 0. The molecule has 1 heterocycles. The predicted molar refractivity (Wildman–Crippen MR) is 62.0 cm³/mol. The Labute approximate surface area is 99.4 Å². The second kappa shape index (κ2) is 6.03. The molecule has 3 N–H and O–H groups in total. The number of nitrogens with zero attached hydrogens (tertiary/aromatic N) is 1. The molecule has 1 aromatic heterocycles. The zero-order chi connectivity index (χ0) is 12.8. The summed E-state index contributed by atoms with van der Waals surface area (Å²) < 4.78 is 0. The van der Waals surface area contributed by atoms with Crippen molar-refractivity contribution in [2.75, 3.05) is 6.54 Å². The van der Waals surface area contributed by atoms with Crippen molar-refractivity contribution in [2.45, 2.75) is 26.7 Å². The first-order valence-corrected chi connectivity index (χ1v) is 5.57. The van der Waals surface area contributed by atoms with Gasteiger partial charge in [-0.25, -0.2) is 9.78 Å². The largest absolute Gasteiger partial charge is 0.477 e. The summed E-state index contributed by atoms with van der Waals surface area (Å²) in [4.78, 5) is 28.5. The molecule has 0 radical (unpaired) electrons. The van der Waals surface area contributed by atoms with E-state index in [9.17, 15) is 9.59 Å². The van der Waals surface area contributed by atoms with Crippen LogP contribution < -0.4 is 5.32 Å². The highest BCUT2D eigenvalue weighted by atomic mass is 16.4. The molecule has 0 atom stereocenters. The number of H-pyrrole nitrogens is 1. The van der Waals surface area contributed by atoms with E-state index in [4.69, 9.17) is 5.11 Å². The first-order valence-electron chi connectivity index (χ1n) is 5.57. The maximum absolute atomic E-state index is 11.6. The Kier molecular flexibility index (Phi) is 4.68. The molecule has 0 unspecified atom stereocenters. The maximum Gasteiger partial charge on any atom is 0.354 e. The van der Waals surface area contributed by atoms with Gasteiger partial charge in [0, 0.05) is 6.54 Å². The topological polar surface area (TPSA) is 95.1 Å². The van der Waals surface area contributed by atoms with Crippen LogP contribution in [-0.2, 0) is 0 Å². The first-order chi connectivity index (χ1) is 8.02. The van der Waals surface area contributed by atoms with Crippen LogP contribution in [0.4, 0.5) is 0 Å². The summed E-state index contributed by atoms with van der Waals surface area (Å²) in [6.07, 6.45) is 3.09. The number of carboxylic acids is 1. The second-order valence-corrected chi connectivity index (χ2v) is 4.22. The molecule has 6 heteroatoms. The lowest BCUT2D eigenvalue weighted by Crippen LogP contribution is -2.26. The number of amides is 1. The third kappa shape index (κ3) is 3.90. The normalized spacial score (nSPS) is 10.5. The Morgan fingerprint density at radius 2 is 2.24 bits per heavy atom. The number of carbonyl (C=O) groups excluding carboxylic acids is 1. The lowest BCUT2D eigenvalue weighted by atomic mass is 10.1. The number of rotatable bonds is 6. The zero-order valence-corrected chi connectivity index (χ0v) is 9.99. The highest BCUT2D eigenvalue weighted by Crippen LogP contribution is 2.04. The third-order valence-corrected chi connectivity index (χ3v) is 2.31. The van der Waals surface area contributed by atoms with E-state index in [0.29, 0.717) is 12.5 Å². The lowest BCUT2D eigenvalue weighted by Gasteiger charge is -2.05. The zero-order valence-electron chi connectivity index (χ0n) is 9.99. The molecule has 0 saturated heterocycles. The van der Waals surface area contributed by atoms with Gasteiger partial charge in [0.05, 0.1) is 6.33 Å². The number of aromatic nitrogens is 2. The van der Waals surface area contributed by atoms with Crippen LogP contribution >= 0.6 is 0 Å². The molecule has 0 aliphatic heterocycles. The quantitative estimate of drug-likeness (QED) is 0.651. The van der Waals surface area contributed by atoms with Crippen molar-refractivity contribution < 1.29 is 14.7 Å². The fraction of sp³-hybridized carbons (Fsp3) is 0.545. The van der Waals surface area contributed by atoms with Crippen LogP contribution in [0.1, 0.15) is 47.7 Å². The van der Waals surface area contributed by atoms with Crippen LogP contribution in [0, 0.1) is 5.92 Å². The molecule has 1 amide bonds. The Bertz CT molecular complexity index is 398. The van der Waals surface area contributed by atoms with Gasteiger partial charge in [0.15, 0.2) is 11.4 Å². The first kappa shape index (κ1) is 13.2. The van der Waals surface area contributed by atoms with Gasteiger partial charge in [-0.3, -0.25) is 4.79 Å². The number of hydrogen-bond donors (Lipinski definition) is 3. The minimum atomic E-state index is -1.19. The van der Waals surface area contributed by atoms with Crippen molar-refractivity contribution in [1.82, 2.24) is 15.3 Å². The summed E-state index contributed by atoms with van der Waals surface area (Å²) in [6.45, 7) is 4.75. The minimum absolute atomic E-state index is 0.0675. The van der Waals surface area contributed by atoms with E-state index in [-0.39, 0.29) is 11.4 Å². The number of nitrogens with one attached hydrogen (secondary N) is 2. The summed E-state index contributed by atoms with van der Waals surface area (Å²) in [5.41, 5.74) is -0.242. The fourth-order valence-electron chi connectivity index (χ4n) is 1.43. The van der Waals surface area contributed by atoms with Crippen LogP contribution in [0.15, 0.2) is 6.33 Å². The van der Waals surface area contributed by atoms with E-state index < -0.39 is 11.9 Å². The monoisotopic (exact) mass is 239 g/mol. The van der Waals surface area contributed by atoms with Crippen molar-refractivity contribution in [3.8, 4) is 0 Å². The molecule has 6 nitrogen and oxygen atoms in total. The Hall–Kier alpha value is -1.85. The molecular weight excluding hydrogens is 222 g/mol. The maximum atomic E-state index is 11.6. The molecule has 17 heavy (non-hydrogen) atoms. The van der Waals surface area contributed by atoms with E-state index in [1.54, 1.807) is 0 Å². The molecular formula is C11H17N3O3. The van der Waals surface area contributed by atoms with Crippen LogP contribution in [0.2, 0.25) is 0 Å². The predicted octanol–water partition coefficient (Wildman–Crippen LogP) is 1.27. The summed E-state index contributed by atoms with van der Waals surface area (Å²) in [6, 6.07) is 0. The van der Waals surface area contributed by atoms with E-state index in [1.165, 1.54) is 6.33 Å². The molecule has 0 saturated carbocycles. The van der Waals surface area contributed by atoms with E-state index in [0.717, 1.165) is 12.8 Å². The molecule has 0 aliphatic carbocycles. The van der Waals surface area contributed by atoms with Crippen LogP contribution in [-0.4, -0.2) is 33.5 Å². The molecule has 94 valence electrons. The molecule has 0 bridgehead atoms. The number of hydrogen-bond acceptors (Lipinski definition) is 3. The number of aromatic amines is 1. The third-order valence-electron chi connectivity index (χ3n) is 2.31. The molecule has 1 rings (SSSR count). The van der Waals surface area contributed by atoms with Crippen molar-refractivity contribution >= 4 is 11.9 Å². The van der Waals surface area contributed by atoms with Gasteiger partial charge in [0.2, 0.25) is 0 Å². The van der Waals surface area contributed by atoms with Gasteiger partial charge in [-0.15, -0.1) is 0 Å². The summed E-state index contributed by atoms with van der Waals surface area (Å²) in [5.74, 6) is -1.05. The summed E-state index contributed by atoms with van der Waals surface area (Å²) in [5, 5.41) is 11.4. The molecule has 1 aromatic rings. The van der Waals surface area contributed by atoms with Gasteiger partial charge in [-0.05, 0) is 18.8 Å². The van der Waals surface area contributed by atoms with Crippen molar-refractivity contribution in [2.24, 2.45) is 5.92 Å². The number of carboxylic acid groups (broad SMARTS) is 1. The van der Waals surface area contributed by atoms with E-state index >= 15 is 0 Å². The fourth-order valence-corrected chi connectivity index (χ4v) is 1.43. The van der Waals surface area contributed by atoms with Gasteiger partial charge in [-0.1, -0.05) is 13.8 Å². The highest BCUT2D eigenvalue weighted by Gasteiger charge is 2.18. The van der Waals surface area contributed by atoms with Crippen molar-refractivity contribution in [3.63, 3.8) is 0 Å². The SMILES string of the molecule is CC(C)CCCNC(=O)c1nc[nH]c1C(=O)O. The van der Waals surface area contributed by atoms with Crippen LogP contribution in [0.25, 0.3) is 0 Å². The molecule has 0 spiro atoms. The van der Waals surface area contributed by atoms with Gasteiger partial charge in [-0.2, -0.15) is 0 Å². The average Bonchev–Trinajstić information content (AvgIpc) is 2.72. The van der Waals surface area contributed by atoms with Crippen molar-refractivity contribution in [3.05, 3.63) is 17.7 Å². The smallest absolute Gasteiger partial charge is 0.354 e. The number of carbonyl (C=O) groups is 2. The Morgan fingerprint density at radius 1 is 1.53 bits per heavy atom. The minimum Gasteiger partial charge on any atom is -0.477 e. The van der Waals surface area contributed by atoms with E-state index in [2.05, 4.69) is 29.1 Å². The number of imidazole rings is 1. The molecule has 0 aromatic carbocycles. The van der Waals surface area contributed by atoms with Gasteiger partial charge < -0.3 is 15.4 Å². The van der Waals surface area contributed by atoms with Gasteiger partial charge in [0.25, 0.3) is 5.91 Å².